The van der Waals surface area contributed by atoms with Gasteiger partial charge in [-0.3, -0.25) is 0 Å². The molecule has 90 valence electrons. The zero-order valence-corrected chi connectivity index (χ0v) is 9.60. The van der Waals surface area contributed by atoms with Gasteiger partial charge in [-0.15, -0.1) is 0 Å². The Morgan fingerprint density at radius 1 is 1.38 bits per heavy atom. The molecule has 0 saturated carbocycles. The fourth-order valence-corrected chi connectivity index (χ4v) is 1.52. The van der Waals surface area contributed by atoms with Crippen molar-refractivity contribution in [3.05, 3.63) is 30.3 Å². The van der Waals surface area contributed by atoms with Crippen molar-refractivity contribution in [2.75, 3.05) is 20.2 Å². The molecule has 1 aromatic rings. The lowest BCUT2D eigenvalue weighted by Gasteiger charge is -2.22. The van der Waals surface area contributed by atoms with Crippen LogP contribution in [0.2, 0.25) is 0 Å². The minimum Gasteiger partial charge on any atom is -0.491 e. The number of ether oxygens (including phenoxy) is 1. The Morgan fingerprint density at radius 2 is 2.06 bits per heavy atom. The summed E-state index contributed by atoms with van der Waals surface area (Å²) in [5.74, 6) is 0.768. The molecule has 0 aliphatic carbocycles. The topological polar surface area (TPSA) is 67.5 Å². The highest BCUT2D eigenvalue weighted by Gasteiger charge is 2.16. The second-order valence-electron chi connectivity index (χ2n) is 3.66. The molecule has 0 saturated heterocycles. The lowest BCUT2D eigenvalue weighted by molar-refractivity contribution is 0.0735. The van der Waals surface area contributed by atoms with E-state index in [0.717, 1.165) is 12.2 Å². The molecule has 0 radical (unpaired) electrons. The second-order valence-corrected chi connectivity index (χ2v) is 3.66. The molecule has 2 atom stereocenters. The quantitative estimate of drug-likeness (QED) is 0.625. The van der Waals surface area contributed by atoms with Gasteiger partial charge in [-0.2, -0.15) is 0 Å². The Labute approximate surface area is 96.4 Å². The van der Waals surface area contributed by atoms with Crippen LogP contribution < -0.4 is 15.8 Å². The maximum Gasteiger partial charge on any atom is 0.119 e. The smallest absolute Gasteiger partial charge is 0.119 e. The van der Waals surface area contributed by atoms with E-state index in [9.17, 15) is 5.11 Å². The van der Waals surface area contributed by atoms with Crippen LogP contribution in [-0.4, -0.2) is 37.5 Å². The first kappa shape index (κ1) is 13.0. The predicted molar refractivity (Wildman–Crippen MR) is 64.5 cm³/mol. The molecule has 0 amide bonds. The van der Waals surface area contributed by atoms with Gasteiger partial charge in [0.15, 0.2) is 0 Å². The van der Waals surface area contributed by atoms with Crippen molar-refractivity contribution in [2.24, 2.45) is 5.73 Å². The molecule has 0 heterocycles. The zero-order chi connectivity index (χ0) is 11.8. The Morgan fingerprint density at radius 3 is 2.62 bits per heavy atom. The molecule has 16 heavy (non-hydrogen) atoms. The van der Waals surface area contributed by atoms with E-state index in [0.29, 0.717) is 6.54 Å². The lowest BCUT2D eigenvalue weighted by Crippen LogP contribution is -2.42. The molecule has 2 unspecified atom stereocenters. The maximum atomic E-state index is 9.86. The number of aliphatic hydroxyl groups excluding tert-OH is 1. The Kier molecular flexibility index (Phi) is 5.85. The molecule has 0 fully saturated rings. The summed E-state index contributed by atoms with van der Waals surface area (Å²) < 4.78 is 5.47. The van der Waals surface area contributed by atoms with Crippen LogP contribution in [0.15, 0.2) is 30.3 Å². The standard InChI is InChI=1S/C12H20N2O2/c1-14-11(7-8-13)12(15)9-16-10-5-3-2-4-6-10/h2-6,11-12,14-15H,7-9,13H2,1H3. The molecule has 1 rings (SSSR count). The Hall–Kier alpha value is -1.10. The van der Waals surface area contributed by atoms with Crippen LogP contribution >= 0.6 is 0 Å². The van der Waals surface area contributed by atoms with E-state index in [1.54, 1.807) is 0 Å². The van der Waals surface area contributed by atoms with Gasteiger partial charge in [0.2, 0.25) is 0 Å². The van der Waals surface area contributed by atoms with Crippen molar-refractivity contribution in [2.45, 2.75) is 18.6 Å². The van der Waals surface area contributed by atoms with E-state index in [1.807, 2.05) is 37.4 Å². The molecule has 0 aliphatic heterocycles. The molecule has 0 aromatic heterocycles. The van der Waals surface area contributed by atoms with E-state index in [1.165, 1.54) is 0 Å². The number of aliphatic hydroxyl groups is 1. The van der Waals surface area contributed by atoms with E-state index in [4.69, 9.17) is 10.5 Å². The van der Waals surface area contributed by atoms with Gasteiger partial charge in [0.25, 0.3) is 0 Å². The van der Waals surface area contributed by atoms with Crippen molar-refractivity contribution >= 4 is 0 Å². The van der Waals surface area contributed by atoms with Crippen LogP contribution in [0.4, 0.5) is 0 Å². The average Bonchev–Trinajstić information content (AvgIpc) is 2.34. The van der Waals surface area contributed by atoms with Gasteiger partial charge in [-0.1, -0.05) is 18.2 Å². The number of benzene rings is 1. The van der Waals surface area contributed by atoms with Crippen LogP contribution in [0, 0.1) is 0 Å². The summed E-state index contributed by atoms with van der Waals surface area (Å²) in [6.07, 6.45) is 0.185. The van der Waals surface area contributed by atoms with E-state index >= 15 is 0 Å². The third kappa shape index (κ3) is 4.18. The first-order chi connectivity index (χ1) is 7.77. The molecule has 4 nitrogen and oxygen atoms in total. The van der Waals surface area contributed by atoms with Crippen LogP contribution in [0.3, 0.4) is 0 Å². The summed E-state index contributed by atoms with van der Waals surface area (Å²) >= 11 is 0. The van der Waals surface area contributed by atoms with Gasteiger partial charge in [-0.25, -0.2) is 0 Å². The molecule has 0 spiro atoms. The summed E-state index contributed by atoms with van der Waals surface area (Å²) in [5, 5.41) is 12.9. The lowest BCUT2D eigenvalue weighted by atomic mass is 10.1. The molecule has 0 aliphatic rings. The fraction of sp³-hybridized carbons (Fsp3) is 0.500. The van der Waals surface area contributed by atoms with Gasteiger partial charge >= 0.3 is 0 Å². The van der Waals surface area contributed by atoms with Crippen molar-refractivity contribution in [3.63, 3.8) is 0 Å². The summed E-state index contributed by atoms with van der Waals surface area (Å²) in [5.41, 5.74) is 5.46. The maximum absolute atomic E-state index is 9.86. The van der Waals surface area contributed by atoms with Gasteiger partial charge in [0, 0.05) is 6.04 Å². The molecular weight excluding hydrogens is 204 g/mol. The average molecular weight is 224 g/mol. The van der Waals surface area contributed by atoms with E-state index < -0.39 is 6.10 Å². The second kappa shape index (κ2) is 7.22. The zero-order valence-electron chi connectivity index (χ0n) is 9.60. The summed E-state index contributed by atoms with van der Waals surface area (Å²) in [6, 6.07) is 9.44. The number of nitrogens with two attached hydrogens (primary N) is 1. The number of likely N-dealkylation sites (N-methyl/N-ethyl adjacent to an activating group) is 1. The fourth-order valence-electron chi connectivity index (χ4n) is 1.52. The van der Waals surface area contributed by atoms with Crippen molar-refractivity contribution in [3.8, 4) is 5.75 Å². The highest BCUT2D eigenvalue weighted by Crippen LogP contribution is 2.09. The van der Waals surface area contributed by atoms with Crippen LogP contribution in [0.25, 0.3) is 0 Å². The third-order valence-electron chi connectivity index (χ3n) is 2.48. The number of rotatable bonds is 7. The third-order valence-corrected chi connectivity index (χ3v) is 2.48. The molecule has 4 N–H and O–H groups in total. The number of hydrogen-bond donors (Lipinski definition) is 3. The first-order valence-corrected chi connectivity index (χ1v) is 5.51. The van der Waals surface area contributed by atoms with E-state index in [2.05, 4.69) is 5.32 Å². The summed E-state index contributed by atoms with van der Waals surface area (Å²) in [7, 11) is 1.81. The Balaban J connectivity index is 2.36. The van der Waals surface area contributed by atoms with Gasteiger partial charge in [0.1, 0.15) is 18.5 Å². The van der Waals surface area contributed by atoms with Crippen LogP contribution in [0.1, 0.15) is 6.42 Å². The van der Waals surface area contributed by atoms with Gasteiger partial charge in [-0.05, 0) is 32.1 Å². The Bertz CT molecular complexity index is 280. The highest BCUT2D eigenvalue weighted by molar-refractivity contribution is 5.20. The SMILES string of the molecule is CNC(CCN)C(O)COc1ccccc1. The number of nitrogens with one attached hydrogen (secondary N) is 1. The summed E-state index contributed by atoms with van der Waals surface area (Å²) in [6.45, 7) is 0.823. The molecule has 4 heteroatoms. The van der Waals surface area contributed by atoms with Crippen molar-refractivity contribution < 1.29 is 9.84 Å². The minimum atomic E-state index is -0.547. The van der Waals surface area contributed by atoms with Crippen molar-refractivity contribution in [1.29, 1.82) is 0 Å². The first-order valence-electron chi connectivity index (χ1n) is 5.51. The van der Waals surface area contributed by atoms with Crippen molar-refractivity contribution in [1.82, 2.24) is 5.32 Å². The minimum absolute atomic E-state index is 0.0197. The predicted octanol–water partition coefficient (Wildman–Crippen LogP) is 0.363. The van der Waals surface area contributed by atoms with Gasteiger partial charge < -0.3 is 20.9 Å². The normalized spacial score (nSPS) is 14.4. The van der Waals surface area contributed by atoms with Crippen LogP contribution in [0.5, 0.6) is 5.75 Å². The van der Waals surface area contributed by atoms with E-state index in [-0.39, 0.29) is 12.6 Å². The number of para-hydroxylation sites is 1. The molecule has 1 aromatic carbocycles. The monoisotopic (exact) mass is 224 g/mol. The molecule has 0 bridgehead atoms. The molecular formula is C12H20N2O2. The van der Waals surface area contributed by atoms with Gasteiger partial charge in [0.05, 0.1) is 0 Å². The summed E-state index contributed by atoms with van der Waals surface area (Å²) in [4.78, 5) is 0. The van der Waals surface area contributed by atoms with Crippen LogP contribution in [-0.2, 0) is 0 Å². The number of hydrogen-bond acceptors (Lipinski definition) is 4. The highest BCUT2D eigenvalue weighted by atomic mass is 16.5. The largest absolute Gasteiger partial charge is 0.491 e.